The fourth-order valence-electron chi connectivity index (χ4n) is 1.77. The number of carbonyl (C=O) groups excluding carboxylic acids is 1. The van der Waals surface area contributed by atoms with Gasteiger partial charge in [0.2, 0.25) is 0 Å². The van der Waals surface area contributed by atoms with E-state index in [-0.39, 0.29) is 5.75 Å². The van der Waals surface area contributed by atoms with E-state index in [0.29, 0.717) is 10.5 Å². The first-order chi connectivity index (χ1) is 9.63. The Kier molecular flexibility index (Phi) is 4.69. The van der Waals surface area contributed by atoms with E-state index in [1.54, 1.807) is 12.1 Å². The van der Waals surface area contributed by atoms with Crippen molar-refractivity contribution in [3.05, 3.63) is 53.6 Å². The van der Waals surface area contributed by atoms with Crippen LogP contribution in [0, 0.1) is 0 Å². The van der Waals surface area contributed by atoms with Crippen molar-refractivity contribution >= 4 is 17.7 Å². The second kappa shape index (κ2) is 6.48. The molecule has 0 radical (unpaired) electrons. The molecular weight excluding hydrogens is 272 g/mol. The van der Waals surface area contributed by atoms with Gasteiger partial charge in [-0.3, -0.25) is 0 Å². The van der Waals surface area contributed by atoms with Crippen LogP contribution in [0.25, 0.3) is 0 Å². The van der Waals surface area contributed by atoms with Crippen molar-refractivity contribution in [2.75, 3.05) is 7.11 Å². The SMILES string of the molecule is CCc1ccc(Sc2ccc(C(=O)OC)cc2O)cc1. The number of esters is 1. The van der Waals surface area contributed by atoms with Gasteiger partial charge in [0.05, 0.1) is 17.6 Å². The number of phenolic OH excluding ortho intramolecular Hbond substituents is 1. The maximum absolute atomic E-state index is 11.4. The predicted octanol–water partition coefficient (Wildman–Crippen LogP) is 3.89. The molecule has 2 aromatic carbocycles. The first kappa shape index (κ1) is 14.5. The molecule has 0 aliphatic rings. The number of methoxy groups -OCH3 is 1. The number of ether oxygens (including phenoxy) is 1. The standard InChI is InChI=1S/C16H16O3S/c1-3-11-4-7-13(8-5-11)20-15-9-6-12(10-14(15)17)16(18)19-2/h4-10,17H,3H2,1-2H3. The molecule has 0 amide bonds. The fraction of sp³-hybridized carbons (Fsp3) is 0.188. The van der Waals surface area contributed by atoms with Gasteiger partial charge in [-0.2, -0.15) is 0 Å². The normalized spacial score (nSPS) is 10.3. The topological polar surface area (TPSA) is 46.5 Å². The highest BCUT2D eigenvalue weighted by atomic mass is 32.2. The Morgan fingerprint density at radius 1 is 1.20 bits per heavy atom. The molecule has 0 atom stereocenters. The lowest BCUT2D eigenvalue weighted by Crippen LogP contribution is -2.00. The molecule has 2 aromatic rings. The Labute approximate surface area is 122 Å². The molecule has 104 valence electrons. The minimum absolute atomic E-state index is 0.0810. The maximum atomic E-state index is 11.4. The Bertz CT molecular complexity index is 606. The molecule has 3 nitrogen and oxygen atoms in total. The van der Waals surface area contributed by atoms with Gasteiger partial charge in [0.1, 0.15) is 5.75 Å². The average molecular weight is 288 g/mol. The number of hydrogen-bond donors (Lipinski definition) is 1. The van der Waals surface area contributed by atoms with Crippen LogP contribution in [0.3, 0.4) is 0 Å². The van der Waals surface area contributed by atoms with Crippen molar-refractivity contribution < 1.29 is 14.6 Å². The zero-order valence-electron chi connectivity index (χ0n) is 11.4. The van der Waals surface area contributed by atoms with Crippen molar-refractivity contribution in [3.63, 3.8) is 0 Å². The Balaban J connectivity index is 2.18. The molecule has 0 fully saturated rings. The number of aryl methyl sites for hydroxylation is 1. The van der Waals surface area contributed by atoms with E-state index < -0.39 is 5.97 Å². The molecular formula is C16H16O3S. The zero-order chi connectivity index (χ0) is 14.5. The molecule has 0 aliphatic heterocycles. The first-order valence-electron chi connectivity index (χ1n) is 6.32. The van der Waals surface area contributed by atoms with Crippen LogP contribution in [0.5, 0.6) is 5.75 Å². The summed E-state index contributed by atoms with van der Waals surface area (Å²) in [6.45, 7) is 2.11. The number of rotatable bonds is 4. The lowest BCUT2D eigenvalue weighted by molar-refractivity contribution is 0.0600. The summed E-state index contributed by atoms with van der Waals surface area (Å²) >= 11 is 1.46. The van der Waals surface area contributed by atoms with Crippen LogP contribution in [-0.4, -0.2) is 18.2 Å². The van der Waals surface area contributed by atoms with E-state index in [4.69, 9.17) is 0 Å². The summed E-state index contributed by atoms with van der Waals surface area (Å²) in [5.41, 5.74) is 1.62. The lowest BCUT2D eigenvalue weighted by atomic mass is 10.2. The number of benzene rings is 2. The predicted molar refractivity (Wildman–Crippen MR) is 79.4 cm³/mol. The van der Waals surface area contributed by atoms with E-state index in [9.17, 15) is 9.90 Å². The molecule has 0 spiro atoms. The smallest absolute Gasteiger partial charge is 0.337 e. The monoisotopic (exact) mass is 288 g/mol. The molecule has 0 saturated heterocycles. The fourth-order valence-corrected chi connectivity index (χ4v) is 2.59. The molecule has 0 saturated carbocycles. The first-order valence-corrected chi connectivity index (χ1v) is 7.13. The number of phenols is 1. The van der Waals surface area contributed by atoms with E-state index in [1.807, 2.05) is 12.1 Å². The number of carbonyl (C=O) groups is 1. The largest absolute Gasteiger partial charge is 0.507 e. The van der Waals surface area contributed by atoms with Gasteiger partial charge in [-0.25, -0.2) is 4.79 Å². The van der Waals surface area contributed by atoms with Crippen molar-refractivity contribution in [3.8, 4) is 5.75 Å². The summed E-state index contributed by atoms with van der Waals surface area (Å²) in [6, 6.07) is 13.0. The summed E-state index contributed by atoms with van der Waals surface area (Å²) in [5.74, 6) is -0.374. The highest BCUT2D eigenvalue weighted by Gasteiger charge is 2.10. The number of aromatic hydroxyl groups is 1. The summed E-state index contributed by atoms with van der Waals surface area (Å²) in [6.07, 6.45) is 1.00. The third-order valence-corrected chi connectivity index (χ3v) is 4.01. The molecule has 0 aliphatic carbocycles. The van der Waals surface area contributed by atoms with Gasteiger partial charge < -0.3 is 9.84 Å². The summed E-state index contributed by atoms with van der Waals surface area (Å²) in [7, 11) is 1.32. The van der Waals surface area contributed by atoms with Crippen LogP contribution in [0.2, 0.25) is 0 Å². The third kappa shape index (κ3) is 3.33. The van der Waals surface area contributed by atoms with Crippen molar-refractivity contribution in [1.82, 2.24) is 0 Å². The minimum Gasteiger partial charge on any atom is -0.507 e. The molecule has 0 heterocycles. The van der Waals surface area contributed by atoms with Crippen molar-refractivity contribution in [2.24, 2.45) is 0 Å². The van der Waals surface area contributed by atoms with Gasteiger partial charge in [-0.1, -0.05) is 30.8 Å². The second-order valence-corrected chi connectivity index (χ2v) is 5.39. The highest BCUT2D eigenvalue weighted by molar-refractivity contribution is 7.99. The van der Waals surface area contributed by atoms with E-state index >= 15 is 0 Å². The molecule has 0 unspecified atom stereocenters. The lowest BCUT2D eigenvalue weighted by Gasteiger charge is -2.07. The maximum Gasteiger partial charge on any atom is 0.337 e. The highest BCUT2D eigenvalue weighted by Crippen LogP contribution is 2.35. The van der Waals surface area contributed by atoms with Gasteiger partial charge in [-0.05, 0) is 42.3 Å². The second-order valence-electron chi connectivity index (χ2n) is 4.27. The Morgan fingerprint density at radius 2 is 1.90 bits per heavy atom. The molecule has 2 rings (SSSR count). The molecule has 1 N–H and O–H groups in total. The van der Waals surface area contributed by atoms with E-state index in [1.165, 1.54) is 30.5 Å². The molecule has 20 heavy (non-hydrogen) atoms. The van der Waals surface area contributed by atoms with Crippen LogP contribution in [0.15, 0.2) is 52.3 Å². The molecule has 0 aromatic heterocycles. The van der Waals surface area contributed by atoms with Gasteiger partial charge in [0, 0.05) is 4.90 Å². The van der Waals surface area contributed by atoms with Gasteiger partial charge in [0.25, 0.3) is 0 Å². The Morgan fingerprint density at radius 3 is 2.45 bits per heavy atom. The van der Waals surface area contributed by atoms with Crippen LogP contribution >= 0.6 is 11.8 Å². The van der Waals surface area contributed by atoms with Crippen LogP contribution in [-0.2, 0) is 11.2 Å². The molecule has 0 bridgehead atoms. The summed E-state index contributed by atoms with van der Waals surface area (Å²) in [5, 5.41) is 9.97. The quantitative estimate of drug-likeness (QED) is 0.867. The van der Waals surface area contributed by atoms with Gasteiger partial charge in [0.15, 0.2) is 0 Å². The van der Waals surface area contributed by atoms with Gasteiger partial charge in [-0.15, -0.1) is 0 Å². The van der Waals surface area contributed by atoms with E-state index in [2.05, 4.69) is 23.8 Å². The summed E-state index contributed by atoms with van der Waals surface area (Å²) < 4.78 is 4.62. The van der Waals surface area contributed by atoms with Gasteiger partial charge >= 0.3 is 5.97 Å². The van der Waals surface area contributed by atoms with Crippen LogP contribution < -0.4 is 0 Å². The Hall–Kier alpha value is -1.94. The van der Waals surface area contributed by atoms with Crippen molar-refractivity contribution in [1.29, 1.82) is 0 Å². The summed E-state index contributed by atoms with van der Waals surface area (Å²) in [4.78, 5) is 13.1. The number of hydrogen-bond acceptors (Lipinski definition) is 4. The minimum atomic E-state index is -0.454. The average Bonchev–Trinajstić information content (AvgIpc) is 2.49. The third-order valence-electron chi connectivity index (χ3n) is 2.94. The van der Waals surface area contributed by atoms with Crippen molar-refractivity contribution in [2.45, 2.75) is 23.1 Å². The zero-order valence-corrected chi connectivity index (χ0v) is 12.2. The molecule has 4 heteroatoms. The van der Waals surface area contributed by atoms with Crippen LogP contribution in [0.1, 0.15) is 22.8 Å². The van der Waals surface area contributed by atoms with Crippen LogP contribution in [0.4, 0.5) is 0 Å². The van der Waals surface area contributed by atoms with E-state index in [0.717, 1.165) is 11.3 Å².